The Bertz CT molecular complexity index is 1480. The van der Waals surface area contributed by atoms with E-state index in [4.69, 9.17) is 18.9 Å². The molecular formula is C27H28N6O7. The smallest absolute Gasteiger partial charge is 0.258 e. The SMILES string of the molecule is O=C(COc1ccccc1)N[C@@H]1[C@H](O)[C@@H](CO)O[C@H]1n1cnc2c(NCCc3ccc4c(c3)OCO4)ncnc21. The Kier molecular flexibility index (Phi) is 7.31. The first-order valence-electron chi connectivity index (χ1n) is 12.8. The molecule has 4 N–H and O–H groups in total. The molecule has 0 aliphatic carbocycles. The van der Waals surface area contributed by atoms with Gasteiger partial charge in [-0.2, -0.15) is 0 Å². The van der Waals surface area contributed by atoms with Crippen LogP contribution in [0.2, 0.25) is 0 Å². The lowest BCUT2D eigenvalue weighted by molar-refractivity contribution is -0.125. The molecule has 0 spiro atoms. The Labute approximate surface area is 228 Å². The zero-order chi connectivity index (χ0) is 27.5. The minimum atomic E-state index is -1.17. The lowest BCUT2D eigenvalue weighted by Crippen LogP contribution is -2.48. The van der Waals surface area contributed by atoms with E-state index < -0.39 is 37.0 Å². The van der Waals surface area contributed by atoms with Crippen LogP contribution in [0.1, 0.15) is 11.8 Å². The average molecular weight is 549 g/mol. The molecule has 2 aliphatic heterocycles. The number of ether oxygens (including phenoxy) is 4. The largest absolute Gasteiger partial charge is 0.484 e. The van der Waals surface area contributed by atoms with Gasteiger partial charge in [0.25, 0.3) is 5.91 Å². The average Bonchev–Trinajstić information content (AvgIpc) is 3.70. The lowest BCUT2D eigenvalue weighted by Gasteiger charge is -2.23. The van der Waals surface area contributed by atoms with E-state index in [0.717, 1.165) is 17.1 Å². The maximum atomic E-state index is 12.7. The first kappa shape index (κ1) is 25.8. The third-order valence-corrected chi connectivity index (χ3v) is 6.77. The number of benzene rings is 2. The molecule has 13 heteroatoms. The topological polar surface area (TPSA) is 162 Å². The van der Waals surface area contributed by atoms with Gasteiger partial charge in [0.05, 0.1) is 12.9 Å². The Hall–Kier alpha value is -4.46. The van der Waals surface area contributed by atoms with Crippen LogP contribution in [0, 0.1) is 0 Å². The molecule has 2 aromatic carbocycles. The Morgan fingerprint density at radius 1 is 1.10 bits per heavy atom. The number of nitrogens with zero attached hydrogens (tertiary/aromatic N) is 4. The number of hydrogen-bond donors (Lipinski definition) is 4. The lowest BCUT2D eigenvalue weighted by atomic mass is 10.1. The third-order valence-electron chi connectivity index (χ3n) is 6.77. The predicted octanol–water partition coefficient (Wildman–Crippen LogP) is 1.02. The first-order chi connectivity index (χ1) is 19.6. The van der Waals surface area contributed by atoms with Crippen molar-refractivity contribution >= 4 is 22.9 Å². The van der Waals surface area contributed by atoms with Crippen LogP contribution in [0.15, 0.2) is 61.2 Å². The van der Waals surface area contributed by atoms with Crippen LogP contribution in [0.5, 0.6) is 17.2 Å². The fraction of sp³-hybridized carbons (Fsp3) is 0.333. The molecule has 0 radical (unpaired) electrons. The molecule has 1 fully saturated rings. The van der Waals surface area contributed by atoms with Gasteiger partial charge in [0, 0.05) is 6.54 Å². The van der Waals surface area contributed by atoms with Crippen molar-refractivity contribution in [2.45, 2.75) is 30.9 Å². The zero-order valence-corrected chi connectivity index (χ0v) is 21.3. The van der Waals surface area contributed by atoms with Gasteiger partial charge in [0.2, 0.25) is 6.79 Å². The number of anilines is 1. The van der Waals surface area contributed by atoms with Gasteiger partial charge >= 0.3 is 0 Å². The van der Waals surface area contributed by atoms with E-state index in [1.54, 1.807) is 28.8 Å². The van der Waals surface area contributed by atoms with Gasteiger partial charge < -0.3 is 39.8 Å². The van der Waals surface area contributed by atoms with Crippen LogP contribution in [-0.4, -0.2) is 80.4 Å². The van der Waals surface area contributed by atoms with E-state index in [-0.39, 0.29) is 13.4 Å². The van der Waals surface area contributed by atoms with Crippen molar-refractivity contribution in [2.75, 3.05) is 31.9 Å². The van der Waals surface area contributed by atoms with E-state index in [2.05, 4.69) is 25.6 Å². The fourth-order valence-electron chi connectivity index (χ4n) is 4.77. The summed E-state index contributed by atoms with van der Waals surface area (Å²) in [5, 5.41) is 26.7. The molecule has 1 saturated heterocycles. The summed E-state index contributed by atoms with van der Waals surface area (Å²) in [6.07, 6.45) is 0.657. The number of carbonyl (C=O) groups excluding carboxylic acids is 1. The number of fused-ring (bicyclic) bond motifs is 2. The first-order valence-corrected chi connectivity index (χ1v) is 12.8. The van der Waals surface area contributed by atoms with E-state index >= 15 is 0 Å². The Balaban J connectivity index is 1.15. The van der Waals surface area contributed by atoms with Gasteiger partial charge in [-0.15, -0.1) is 0 Å². The number of aliphatic hydroxyl groups excluding tert-OH is 2. The fourth-order valence-corrected chi connectivity index (χ4v) is 4.77. The quantitative estimate of drug-likeness (QED) is 0.224. The molecule has 4 atom stereocenters. The summed E-state index contributed by atoms with van der Waals surface area (Å²) in [5.41, 5.74) is 2.01. The van der Waals surface area contributed by atoms with Crippen LogP contribution >= 0.6 is 0 Å². The standard InChI is InChI=1S/C27H28N6O7/c34-11-20-24(36)22(32-21(35)12-37-17-4-2-1-3-5-17)27(40-20)33-14-31-23-25(29-13-30-26(23)33)28-9-8-16-6-7-18-19(10-16)39-15-38-18/h1-7,10,13-14,20,22,24,27,34,36H,8-9,11-12,15H2,(H,32,35)(H,28,29,30)/t20-,22-,24-,27-/m1/s1. The second kappa shape index (κ2) is 11.3. The molecule has 4 heterocycles. The summed E-state index contributed by atoms with van der Waals surface area (Å²) >= 11 is 0. The number of imidazole rings is 1. The molecule has 40 heavy (non-hydrogen) atoms. The van der Waals surface area contributed by atoms with Gasteiger partial charge in [0.15, 0.2) is 41.3 Å². The highest BCUT2D eigenvalue weighted by atomic mass is 16.7. The van der Waals surface area contributed by atoms with Crippen molar-refractivity contribution in [3.63, 3.8) is 0 Å². The minimum absolute atomic E-state index is 0.228. The molecular weight excluding hydrogens is 520 g/mol. The van der Waals surface area contributed by atoms with Gasteiger partial charge in [-0.3, -0.25) is 9.36 Å². The number of rotatable bonds is 10. The maximum Gasteiger partial charge on any atom is 0.258 e. The Morgan fingerprint density at radius 3 is 2.80 bits per heavy atom. The summed E-state index contributed by atoms with van der Waals surface area (Å²) in [6, 6.07) is 13.9. The van der Waals surface area contributed by atoms with Crippen LogP contribution in [0.25, 0.3) is 11.2 Å². The number of hydrogen-bond acceptors (Lipinski definition) is 11. The number of nitrogens with one attached hydrogen (secondary N) is 2. The van der Waals surface area contributed by atoms with Crippen LogP contribution in [0.3, 0.4) is 0 Å². The van der Waals surface area contributed by atoms with Gasteiger partial charge in [-0.25, -0.2) is 15.0 Å². The van der Waals surface area contributed by atoms with E-state index in [1.807, 2.05) is 24.3 Å². The van der Waals surface area contributed by atoms with Crippen molar-refractivity contribution in [3.8, 4) is 17.2 Å². The van der Waals surface area contributed by atoms with Gasteiger partial charge in [-0.05, 0) is 36.2 Å². The molecule has 1 amide bonds. The Morgan fingerprint density at radius 2 is 1.95 bits per heavy atom. The molecule has 6 rings (SSSR count). The summed E-state index contributed by atoms with van der Waals surface area (Å²) < 4.78 is 23.9. The van der Waals surface area contributed by atoms with E-state index in [9.17, 15) is 15.0 Å². The zero-order valence-electron chi connectivity index (χ0n) is 21.3. The van der Waals surface area contributed by atoms with E-state index in [1.165, 1.54) is 12.7 Å². The number of para-hydroxylation sites is 1. The summed E-state index contributed by atoms with van der Waals surface area (Å²) in [6.45, 7) is 0.113. The number of carbonyl (C=O) groups is 1. The highest BCUT2D eigenvalue weighted by Crippen LogP contribution is 2.34. The number of aliphatic hydroxyl groups is 2. The number of amides is 1. The van der Waals surface area contributed by atoms with Crippen molar-refractivity contribution in [1.29, 1.82) is 0 Å². The second-order valence-corrected chi connectivity index (χ2v) is 9.34. The highest BCUT2D eigenvalue weighted by Gasteiger charge is 2.45. The third kappa shape index (κ3) is 5.21. The molecule has 208 valence electrons. The molecule has 2 aliphatic rings. The van der Waals surface area contributed by atoms with Crippen molar-refractivity contribution in [1.82, 2.24) is 24.8 Å². The summed E-state index contributed by atoms with van der Waals surface area (Å²) in [4.78, 5) is 25.9. The number of aromatic nitrogens is 4. The minimum Gasteiger partial charge on any atom is -0.484 e. The van der Waals surface area contributed by atoms with Crippen LogP contribution in [0.4, 0.5) is 5.82 Å². The second-order valence-electron chi connectivity index (χ2n) is 9.34. The van der Waals surface area contributed by atoms with Crippen LogP contribution < -0.4 is 24.8 Å². The normalized spacial score (nSPS) is 21.4. The molecule has 2 aromatic heterocycles. The highest BCUT2D eigenvalue weighted by molar-refractivity contribution is 5.83. The van der Waals surface area contributed by atoms with E-state index in [0.29, 0.717) is 35.7 Å². The summed E-state index contributed by atoms with van der Waals surface area (Å²) in [5.74, 6) is 2.08. The van der Waals surface area contributed by atoms with Crippen molar-refractivity contribution < 1.29 is 34.0 Å². The molecule has 0 bridgehead atoms. The van der Waals surface area contributed by atoms with Crippen LogP contribution in [-0.2, 0) is 16.0 Å². The monoisotopic (exact) mass is 548 g/mol. The molecule has 13 nitrogen and oxygen atoms in total. The predicted molar refractivity (Wildman–Crippen MR) is 141 cm³/mol. The molecule has 0 unspecified atom stereocenters. The van der Waals surface area contributed by atoms with Gasteiger partial charge in [0.1, 0.15) is 30.3 Å². The molecule has 0 saturated carbocycles. The molecule has 4 aromatic rings. The van der Waals surface area contributed by atoms with Crippen molar-refractivity contribution in [3.05, 3.63) is 66.7 Å². The summed E-state index contributed by atoms with van der Waals surface area (Å²) in [7, 11) is 0. The maximum absolute atomic E-state index is 12.7. The van der Waals surface area contributed by atoms with Crippen molar-refractivity contribution in [2.24, 2.45) is 0 Å². The van der Waals surface area contributed by atoms with Gasteiger partial charge in [-0.1, -0.05) is 24.3 Å².